The summed E-state index contributed by atoms with van der Waals surface area (Å²) in [4.78, 5) is 16.9. The minimum absolute atomic E-state index is 0.0384. The van der Waals surface area contributed by atoms with Crippen molar-refractivity contribution in [1.82, 2.24) is 9.38 Å². The lowest BCUT2D eigenvalue weighted by Gasteiger charge is -2.10. The Hall–Kier alpha value is -2.59. The molecular weight excluding hydrogens is 394 g/mol. The topological polar surface area (TPSA) is 60.4 Å². The second-order valence-corrected chi connectivity index (χ2v) is 8.53. The molecule has 2 N–H and O–H groups in total. The summed E-state index contributed by atoms with van der Waals surface area (Å²) in [5, 5.41) is 0.832. The quantitative estimate of drug-likeness (QED) is 0.493. The van der Waals surface area contributed by atoms with Crippen LogP contribution in [0.15, 0.2) is 42.2 Å². The number of halogens is 1. The average molecular weight is 424 g/mol. The van der Waals surface area contributed by atoms with Crippen LogP contribution in [0.4, 0.5) is 0 Å². The standard InChI is InChI=1S/C25H30ClN3O/c1-6-23-22(10-8-18-7-9-20(15(2)3)21(26)13-18)28-24-14-19(11-12-29(23)24)25(16(4)27)17(5)30/h7,9,11-15H,6,8,10,27H2,1-5H3/b25-16+. The van der Waals surface area contributed by atoms with Gasteiger partial charge in [0.25, 0.3) is 0 Å². The summed E-state index contributed by atoms with van der Waals surface area (Å²) in [5.74, 6) is 0.376. The zero-order valence-corrected chi connectivity index (χ0v) is 19.2. The zero-order valence-electron chi connectivity index (χ0n) is 18.4. The lowest BCUT2D eigenvalue weighted by molar-refractivity contribution is -0.111. The maximum atomic E-state index is 12.0. The summed E-state index contributed by atoms with van der Waals surface area (Å²) in [7, 11) is 0. The van der Waals surface area contributed by atoms with Crippen LogP contribution in [0.5, 0.6) is 0 Å². The Labute approximate surface area is 183 Å². The molecule has 0 atom stereocenters. The molecule has 0 aliphatic rings. The minimum atomic E-state index is -0.0384. The molecule has 2 heterocycles. The molecule has 4 nitrogen and oxygen atoms in total. The summed E-state index contributed by atoms with van der Waals surface area (Å²) in [6.45, 7) is 9.74. The number of benzene rings is 1. The van der Waals surface area contributed by atoms with Crippen molar-refractivity contribution in [1.29, 1.82) is 0 Å². The molecule has 0 saturated carbocycles. The highest BCUT2D eigenvalue weighted by molar-refractivity contribution is 6.31. The number of pyridine rings is 1. The van der Waals surface area contributed by atoms with E-state index in [0.717, 1.165) is 41.2 Å². The minimum Gasteiger partial charge on any atom is -0.402 e. The molecule has 3 rings (SSSR count). The largest absolute Gasteiger partial charge is 0.402 e. The highest BCUT2D eigenvalue weighted by atomic mass is 35.5. The van der Waals surface area contributed by atoms with Gasteiger partial charge in [0.1, 0.15) is 5.65 Å². The molecule has 2 aromatic heterocycles. The second kappa shape index (κ2) is 9.05. The van der Waals surface area contributed by atoms with Crippen LogP contribution in [0.1, 0.15) is 68.6 Å². The number of ketones is 1. The number of carbonyl (C=O) groups is 1. The zero-order chi connectivity index (χ0) is 22.0. The van der Waals surface area contributed by atoms with Crippen LogP contribution in [-0.4, -0.2) is 15.2 Å². The third-order valence-electron chi connectivity index (χ3n) is 5.52. The van der Waals surface area contributed by atoms with Gasteiger partial charge in [-0.3, -0.25) is 4.79 Å². The monoisotopic (exact) mass is 423 g/mol. The van der Waals surface area contributed by atoms with Crippen molar-refractivity contribution in [3.8, 4) is 0 Å². The lowest BCUT2D eigenvalue weighted by Crippen LogP contribution is -2.05. The number of aromatic nitrogens is 2. The summed E-state index contributed by atoms with van der Waals surface area (Å²) >= 11 is 6.47. The number of carbonyl (C=O) groups excluding carboxylic acids is 1. The summed E-state index contributed by atoms with van der Waals surface area (Å²) in [6.07, 6.45) is 4.58. The number of imidazole rings is 1. The van der Waals surface area contributed by atoms with Crippen molar-refractivity contribution >= 4 is 28.6 Å². The molecule has 5 heteroatoms. The molecule has 0 saturated heterocycles. The van der Waals surface area contributed by atoms with E-state index in [1.807, 2.05) is 18.3 Å². The summed E-state index contributed by atoms with van der Waals surface area (Å²) in [5.41, 5.74) is 13.3. The van der Waals surface area contributed by atoms with Gasteiger partial charge in [0, 0.05) is 28.2 Å². The molecule has 0 aliphatic heterocycles. The van der Waals surface area contributed by atoms with Crippen LogP contribution in [0.2, 0.25) is 5.02 Å². The van der Waals surface area contributed by atoms with Crippen LogP contribution in [0.3, 0.4) is 0 Å². The molecular formula is C25H30ClN3O. The number of nitrogens with two attached hydrogens (primary N) is 1. The van der Waals surface area contributed by atoms with Crippen LogP contribution in [0, 0.1) is 0 Å². The van der Waals surface area contributed by atoms with Crippen molar-refractivity contribution < 1.29 is 4.79 Å². The van der Waals surface area contributed by atoms with Gasteiger partial charge >= 0.3 is 0 Å². The van der Waals surface area contributed by atoms with E-state index in [-0.39, 0.29) is 5.78 Å². The van der Waals surface area contributed by atoms with Crippen LogP contribution >= 0.6 is 11.6 Å². The fraction of sp³-hybridized carbons (Fsp3) is 0.360. The number of Topliss-reactive ketones (excluding diaryl/α,β-unsaturated/α-hetero) is 1. The Bertz CT molecular complexity index is 1120. The van der Waals surface area contributed by atoms with Crippen LogP contribution in [-0.2, 0) is 24.1 Å². The van der Waals surface area contributed by atoms with Gasteiger partial charge in [0.15, 0.2) is 5.78 Å². The SMILES string of the molecule is CCc1c(CCc2ccc(C(C)C)c(Cl)c2)nc2cc(/C(C(C)=O)=C(\C)N)ccn12. The molecule has 158 valence electrons. The van der Waals surface area contributed by atoms with E-state index in [2.05, 4.69) is 43.4 Å². The predicted octanol–water partition coefficient (Wildman–Crippen LogP) is 5.74. The number of nitrogens with zero attached hydrogens (tertiary/aromatic N) is 2. The molecule has 0 spiro atoms. The first-order valence-corrected chi connectivity index (χ1v) is 10.9. The highest BCUT2D eigenvalue weighted by Gasteiger charge is 2.15. The maximum Gasteiger partial charge on any atom is 0.162 e. The molecule has 1 aromatic carbocycles. The third kappa shape index (κ3) is 4.44. The second-order valence-electron chi connectivity index (χ2n) is 8.13. The number of hydrogen-bond acceptors (Lipinski definition) is 3. The molecule has 0 unspecified atom stereocenters. The third-order valence-corrected chi connectivity index (χ3v) is 5.84. The molecule has 0 amide bonds. The van der Waals surface area contributed by atoms with Gasteiger partial charge in [-0.05, 0) is 73.9 Å². The van der Waals surface area contributed by atoms with Crippen molar-refractivity contribution in [2.24, 2.45) is 5.73 Å². The van der Waals surface area contributed by atoms with Crippen molar-refractivity contribution in [3.05, 3.63) is 75.3 Å². The predicted molar refractivity (Wildman–Crippen MR) is 125 cm³/mol. The van der Waals surface area contributed by atoms with Crippen LogP contribution < -0.4 is 5.73 Å². The maximum absolute atomic E-state index is 12.0. The van der Waals surface area contributed by atoms with Gasteiger partial charge in [-0.1, -0.05) is 44.5 Å². The molecule has 3 aromatic rings. The Morgan fingerprint density at radius 1 is 1.17 bits per heavy atom. The van der Waals surface area contributed by atoms with Gasteiger partial charge < -0.3 is 10.1 Å². The van der Waals surface area contributed by atoms with Gasteiger partial charge in [-0.2, -0.15) is 0 Å². The van der Waals surface area contributed by atoms with E-state index in [1.165, 1.54) is 16.8 Å². The van der Waals surface area contributed by atoms with E-state index in [9.17, 15) is 4.79 Å². The van der Waals surface area contributed by atoms with E-state index in [4.69, 9.17) is 22.3 Å². The van der Waals surface area contributed by atoms with Gasteiger partial charge in [-0.15, -0.1) is 0 Å². The smallest absolute Gasteiger partial charge is 0.162 e. The Balaban J connectivity index is 1.92. The fourth-order valence-corrected chi connectivity index (χ4v) is 4.46. The van der Waals surface area contributed by atoms with Crippen molar-refractivity contribution in [2.75, 3.05) is 0 Å². The average Bonchev–Trinajstić information content (AvgIpc) is 3.02. The normalized spacial score (nSPS) is 12.5. The molecule has 0 aliphatic carbocycles. The van der Waals surface area contributed by atoms with E-state index in [1.54, 1.807) is 13.8 Å². The van der Waals surface area contributed by atoms with Gasteiger partial charge in [0.05, 0.1) is 5.69 Å². The fourth-order valence-electron chi connectivity index (χ4n) is 4.04. The Morgan fingerprint density at radius 3 is 2.47 bits per heavy atom. The summed E-state index contributed by atoms with van der Waals surface area (Å²) < 4.78 is 2.11. The van der Waals surface area contributed by atoms with Crippen LogP contribution in [0.25, 0.3) is 11.2 Å². The van der Waals surface area contributed by atoms with E-state index >= 15 is 0 Å². The molecule has 30 heavy (non-hydrogen) atoms. The number of fused-ring (bicyclic) bond motifs is 1. The Morgan fingerprint density at radius 2 is 1.90 bits per heavy atom. The van der Waals surface area contributed by atoms with Crippen molar-refractivity contribution in [3.63, 3.8) is 0 Å². The van der Waals surface area contributed by atoms with E-state index < -0.39 is 0 Å². The van der Waals surface area contributed by atoms with Gasteiger partial charge in [0.2, 0.25) is 0 Å². The number of rotatable bonds is 7. The highest BCUT2D eigenvalue weighted by Crippen LogP contribution is 2.26. The summed E-state index contributed by atoms with van der Waals surface area (Å²) in [6, 6.07) is 10.3. The molecule has 0 bridgehead atoms. The number of aryl methyl sites for hydroxylation is 3. The van der Waals surface area contributed by atoms with Crippen molar-refractivity contribution in [2.45, 2.75) is 59.8 Å². The Kier molecular flexibility index (Phi) is 6.67. The first-order chi connectivity index (χ1) is 14.2. The molecule has 0 radical (unpaired) electrons. The first kappa shape index (κ1) is 22.1. The molecule has 0 fully saturated rings. The number of allylic oxidation sites excluding steroid dienone is 2. The lowest BCUT2D eigenvalue weighted by atomic mass is 9.99. The van der Waals surface area contributed by atoms with Gasteiger partial charge in [-0.25, -0.2) is 4.98 Å². The first-order valence-electron chi connectivity index (χ1n) is 10.5. The number of hydrogen-bond donors (Lipinski definition) is 1. The van der Waals surface area contributed by atoms with E-state index in [0.29, 0.717) is 17.2 Å².